The number of benzene rings is 3. The number of halogens is 1. The van der Waals surface area contributed by atoms with E-state index < -0.39 is 36.3 Å². The SMILES string of the molecule is COC(=O)N[C@H](C(=O)N1CCC[C@H]1C1=NC=C(c2cc(F)c3c(c2)OC(c2cnc(-c4ccc(OC)cc4)s2)n2c-3cc3cc(C4=CN=C([C@@H]5CCCN5C(=O)[C@@H](NC(=O)OC)C(C)C)C4)ccc32)C1)C(C)C.S.S.S.S. The number of likely N-dealkylation sites (tertiary alicyclic amines) is 2. The second-order valence-electron chi connectivity index (χ2n) is 19.8. The summed E-state index contributed by atoms with van der Waals surface area (Å²) in [6.45, 7) is 8.67. The molecule has 412 valence electrons. The van der Waals surface area contributed by atoms with Gasteiger partial charge in [-0.15, -0.1) is 11.3 Å². The van der Waals surface area contributed by atoms with Crippen LogP contribution in [0.2, 0.25) is 0 Å². The lowest BCUT2D eigenvalue weighted by Gasteiger charge is -2.31. The molecule has 2 fully saturated rings. The maximum atomic E-state index is 17.1. The highest BCUT2D eigenvalue weighted by Gasteiger charge is 2.41. The lowest BCUT2D eigenvalue weighted by atomic mass is 9.95. The standard InChI is InChI=1S/C55H59FN8O8S.4H2S/c1-29(2)48(60-54(67)70-6)51(65)62-18-8-10-42(62)39-22-35(26-57-39)32-14-17-41-34(20-32)24-44-47-38(56)21-33(25-45(47)72-53(64(41)44)46-28-59-50(73-46)31-12-15-37(69-5)16-13-31)36-23-40(58-27-36)43-11-9-19-63(43)52(66)49(30(3)4)61-55(68)71-7;;;;/h12-17,20-21,24-30,42-43,48-49,53H,8-11,18-19,22-23H2,1-7H3,(H,60,67)(H,61,68);4*1H2/t42-,43-,48-,49-,53?;;;;/m0..../s1. The molecule has 0 bridgehead atoms. The first kappa shape index (κ1) is 60.3. The van der Waals surface area contributed by atoms with E-state index in [4.69, 9.17) is 33.9 Å². The third kappa shape index (κ3) is 11.8. The molecule has 3 aromatic carbocycles. The van der Waals surface area contributed by atoms with Gasteiger partial charge in [0.2, 0.25) is 18.0 Å². The lowest BCUT2D eigenvalue weighted by Crippen LogP contribution is -2.53. The Morgan fingerprint density at radius 2 is 1.26 bits per heavy atom. The third-order valence-corrected chi connectivity index (χ3v) is 15.7. The summed E-state index contributed by atoms with van der Waals surface area (Å²) in [5.74, 6) is 0.0171. The molecule has 2 aromatic heterocycles. The number of methoxy groups -OCH3 is 3. The molecular weight excluding hydrogens is 1080 g/mol. The smallest absolute Gasteiger partial charge is 0.407 e. The van der Waals surface area contributed by atoms with Gasteiger partial charge in [0.25, 0.3) is 0 Å². The number of hydrogen-bond donors (Lipinski definition) is 2. The predicted molar refractivity (Wildman–Crippen MR) is 320 cm³/mol. The number of nitrogens with one attached hydrogen (secondary N) is 2. The van der Waals surface area contributed by atoms with Crippen molar-refractivity contribution in [1.29, 1.82) is 0 Å². The number of allylic oxidation sites excluding steroid dienone is 2. The largest absolute Gasteiger partial charge is 0.497 e. The van der Waals surface area contributed by atoms with E-state index in [2.05, 4.69) is 22.8 Å². The van der Waals surface area contributed by atoms with Gasteiger partial charge in [0.05, 0.1) is 55.1 Å². The van der Waals surface area contributed by atoms with E-state index in [0.717, 1.165) is 85.9 Å². The van der Waals surface area contributed by atoms with Gasteiger partial charge in [0, 0.05) is 66.9 Å². The molecule has 16 nitrogen and oxygen atoms in total. The van der Waals surface area contributed by atoms with Crippen LogP contribution in [0.4, 0.5) is 14.0 Å². The zero-order chi connectivity index (χ0) is 51.2. The summed E-state index contributed by atoms with van der Waals surface area (Å²) in [5.41, 5.74) is 7.83. The monoisotopic (exact) mass is 1150 g/mol. The van der Waals surface area contributed by atoms with Crippen molar-refractivity contribution in [2.75, 3.05) is 34.4 Å². The first-order valence-corrected chi connectivity index (χ1v) is 25.6. The number of carbonyl (C=O) groups is 4. The first-order chi connectivity index (χ1) is 35.2. The minimum Gasteiger partial charge on any atom is -0.497 e. The molecule has 1 unspecified atom stereocenters. The van der Waals surface area contributed by atoms with Crippen LogP contribution in [0.25, 0.3) is 43.9 Å². The van der Waals surface area contributed by atoms with E-state index in [9.17, 15) is 19.2 Å². The molecule has 5 atom stereocenters. The number of nitrogens with zero attached hydrogens (tertiary/aromatic N) is 6. The molecule has 0 spiro atoms. The molecule has 5 aromatic rings. The van der Waals surface area contributed by atoms with Crippen LogP contribution < -0.4 is 20.1 Å². The van der Waals surface area contributed by atoms with E-state index in [-0.39, 0.29) is 89.7 Å². The fraction of sp³-hybridized carbons (Fsp3) is 0.400. The van der Waals surface area contributed by atoms with Gasteiger partial charge in [-0.2, -0.15) is 54.0 Å². The number of fused-ring (bicyclic) bond motifs is 5. The maximum Gasteiger partial charge on any atom is 0.407 e. The van der Waals surface area contributed by atoms with E-state index in [0.29, 0.717) is 48.5 Å². The average Bonchev–Trinajstić information content (AvgIpc) is 4.27. The molecule has 77 heavy (non-hydrogen) atoms. The summed E-state index contributed by atoms with van der Waals surface area (Å²) in [7, 11) is 4.19. The number of hydrogen-bond acceptors (Lipinski definition) is 12. The summed E-state index contributed by atoms with van der Waals surface area (Å²) >= 11 is 1.50. The van der Waals surface area contributed by atoms with Crippen LogP contribution in [0.3, 0.4) is 0 Å². The molecule has 5 aliphatic heterocycles. The Bertz CT molecular complexity index is 3160. The Labute approximate surface area is 479 Å². The van der Waals surface area contributed by atoms with Gasteiger partial charge in [-0.25, -0.2) is 19.0 Å². The summed E-state index contributed by atoms with van der Waals surface area (Å²) in [4.78, 5) is 71.2. The topological polar surface area (TPSA) is 178 Å². The van der Waals surface area contributed by atoms with Crippen molar-refractivity contribution < 1.29 is 42.5 Å². The number of thiazole rings is 1. The molecule has 5 aliphatic rings. The average molecular weight is 1150 g/mol. The van der Waals surface area contributed by atoms with Crippen LogP contribution in [-0.4, -0.2) is 113 Å². The highest BCUT2D eigenvalue weighted by molar-refractivity contribution is 7.59. The Morgan fingerprint density at radius 3 is 1.79 bits per heavy atom. The highest BCUT2D eigenvalue weighted by atomic mass is 32.1. The van der Waals surface area contributed by atoms with E-state index >= 15 is 4.39 Å². The number of amides is 4. The minimum atomic E-state index is -0.758. The fourth-order valence-corrected chi connectivity index (χ4v) is 11.7. The van der Waals surface area contributed by atoms with Crippen molar-refractivity contribution in [3.63, 3.8) is 0 Å². The lowest BCUT2D eigenvalue weighted by molar-refractivity contribution is -0.134. The third-order valence-electron chi connectivity index (χ3n) is 14.6. The zero-order valence-electron chi connectivity index (χ0n) is 43.9. The number of aromatic nitrogens is 2. The zero-order valence-corrected chi connectivity index (χ0v) is 48.8. The maximum absolute atomic E-state index is 17.1. The number of ether oxygens (including phenoxy) is 4. The number of alkyl carbamates (subject to hydrolysis) is 2. The number of rotatable bonds is 13. The highest BCUT2D eigenvalue weighted by Crippen LogP contribution is 2.49. The van der Waals surface area contributed by atoms with Crippen molar-refractivity contribution in [2.24, 2.45) is 21.8 Å². The second-order valence-corrected chi connectivity index (χ2v) is 20.8. The Morgan fingerprint density at radius 1 is 0.714 bits per heavy atom. The van der Waals surface area contributed by atoms with Crippen LogP contribution in [0.15, 0.2) is 89.2 Å². The van der Waals surface area contributed by atoms with Crippen LogP contribution in [0.5, 0.6) is 11.5 Å². The molecule has 0 aliphatic carbocycles. The van der Waals surface area contributed by atoms with Gasteiger partial charge in [0.1, 0.15) is 34.4 Å². The van der Waals surface area contributed by atoms with Crippen molar-refractivity contribution in [2.45, 2.75) is 96.6 Å². The molecule has 22 heteroatoms. The van der Waals surface area contributed by atoms with Gasteiger partial charge < -0.3 is 39.4 Å². The minimum absolute atomic E-state index is 0. The van der Waals surface area contributed by atoms with Crippen molar-refractivity contribution in [3.8, 4) is 33.3 Å². The quantitative estimate of drug-likeness (QED) is 0.116. The van der Waals surface area contributed by atoms with Gasteiger partial charge in [-0.1, -0.05) is 33.8 Å². The Hall–Kier alpha value is -5.94. The van der Waals surface area contributed by atoms with Crippen LogP contribution in [0, 0.1) is 17.7 Å². The fourth-order valence-electron chi connectivity index (χ4n) is 10.8. The normalized spacial score (nSPS) is 18.9. The molecule has 0 radical (unpaired) electrons. The molecule has 10 rings (SSSR count). The van der Waals surface area contributed by atoms with E-state index in [1.807, 2.05) is 92.0 Å². The Balaban J connectivity index is 0.00000240. The molecule has 0 saturated carbocycles. The van der Waals surface area contributed by atoms with Gasteiger partial charge in [-0.3, -0.25) is 24.1 Å². The van der Waals surface area contributed by atoms with Crippen molar-refractivity contribution in [3.05, 3.63) is 101 Å². The summed E-state index contributed by atoms with van der Waals surface area (Å²) in [6.07, 6.45) is 7.51. The van der Waals surface area contributed by atoms with Crippen LogP contribution >= 0.6 is 65.3 Å². The summed E-state index contributed by atoms with van der Waals surface area (Å²) < 4.78 is 41.1. The molecular formula is C55H67FN8O8S5. The first-order valence-electron chi connectivity index (χ1n) is 24.8. The summed E-state index contributed by atoms with van der Waals surface area (Å²) in [6, 6.07) is 17.4. The van der Waals surface area contributed by atoms with Crippen molar-refractivity contribution >= 4 is 123 Å². The van der Waals surface area contributed by atoms with Gasteiger partial charge >= 0.3 is 12.2 Å². The molecule has 2 N–H and O–H groups in total. The van der Waals surface area contributed by atoms with E-state index in [1.54, 1.807) is 18.2 Å². The van der Waals surface area contributed by atoms with E-state index in [1.165, 1.54) is 31.6 Å². The second kappa shape index (κ2) is 25.2. The van der Waals surface area contributed by atoms with Crippen LogP contribution in [-0.2, 0) is 19.1 Å². The molecule has 4 amide bonds. The predicted octanol–water partition coefficient (Wildman–Crippen LogP) is 10.1. The number of aliphatic imine (C=N–C) groups is 2. The Kier molecular flexibility index (Phi) is 19.8. The van der Waals surface area contributed by atoms with Crippen molar-refractivity contribution in [1.82, 2.24) is 30.0 Å². The number of carbonyl (C=O) groups excluding carboxylic acids is 4. The van der Waals surface area contributed by atoms with Crippen LogP contribution in [0.1, 0.15) is 88.5 Å². The van der Waals surface area contributed by atoms with Gasteiger partial charge in [-0.05, 0) is 114 Å². The van der Waals surface area contributed by atoms with Gasteiger partial charge in [0.15, 0.2) is 0 Å². The molecule has 2 saturated heterocycles. The molecule has 7 heterocycles. The summed E-state index contributed by atoms with van der Waals surface area (Å²) in [5, 5.41) is 7.11.